The van der Waals surface area contributed by atoms with Gasteiger partial charge >= 0.3 is 11.9 Å². The zero-order valence-electron chi connectivity index (χ0n) is 38.5. The molecule has 10 rings (SSSR count). The van der Waals surface area contributed by atoms with Crippen LogP contribution in [0, 0.1) is 34.5 Å². The Kier molecular flexibility index (Phi) is 11.2. The number of rotatable bonds is 14. The maximum Gasteiger partial charge on any atom is 0.327 e. The van der Waals surface area contributed by atoms with Crippen LogP contribution < -0.4 is 10.6 Å². The predicted octanol–water partition coefficient (Wildman–Crippen LogP) is 5.67. The summed E-state index contributed by atoms with van der Waals surface area (Å²) in [5.41, 5.74) is 1.96. The normalized spacial score (nSPS) is 37.9. The van der Waals surface area contributed by atoms with Gasteiger partial charge in [-0.15, -0.1) is 0 Å². The molecule has 3 N–H and O–H groups in total. The highest BCUT2D eigenvalue weighted by atomic mass is 16.8. The first-order valence-electron chi connectivity index (χ1n) is 24.3. The third-order valence-electron chi connectivity index (χ3n) is 16.3. The minimum Gasteiger partial charge on any atom is -0.460 e. The van der Waals surface area contributed by atoms with Crippen LogP contribution in [0.2, 0.25) is 0 Å². The van der Waals surface area contributed by atoms with Crippen molar-refractivity contribution in [1.29, 1.82) is 0 Å². The highest BCUT2D eigenvalue weighted by Crippen LogP contribution is 2.64. The van der Waals surface area contributed by atoms with Crippen molar-refractivity contribution in [3.63, 3.8) is 0 Å². The number of hydroxylamine groups is 2. The summed E-state index contributed by atoms with van der Waals surface area (Å²) < 4.78 is 31.7. The van der Waals surface area contributed by atoms with Crippen LogP contribution in [-0.4, -0.2) is 107 Å². The van der Waals surface area contributed by atoms with E-state index in [1.165, 1.54) is 18.4 Å². The van der Waals surface area contributed by atoms with Crippen LogP contribution in [0.15, 0.2) is 29.8 Å². The summed E-state index contributed by atoms with van der Waals surface area (Å²) in [7, 11) is 0. The fraction of sp³-hybridized carbons (Fsp3) is 0.760. The van der Waals surface area contributed by atoms with Gasteiger partial charge in [-0.1, -0.05) is 49.8 Å². The second kappa shape index (κ2) is 16.1. The zero-order valence-corrected chi connectivity index (χ0v) is 38.5. The standard InChI is InChI=1S/C50H69N3O11/c1-46(2,3)61-39(56)18-16-33(27-54)52-38(55)20-22-51-45(58)49-25-36-40-41(63-50(62-40,31-12-13-31)32-14-15-32)43(49)64-53(42(49)44(57)59-36)26-29-9-7-28(8-10-29)23-30-11-17-37-48(6,60-37)21-19-35-34(30)24-47(35,4)5/h7-10,23,31-37,40-43,54H,11-22,24-27H2,1-6H3,(H,51,58)(H,52,55)/t33-,34+,35+,36+,37?,40-,41-,42-,43+,48+,49-/m0/s1. The van der Waals surface area contributed by atoms with E-state index in [-0.39, 0.29) is 62.8 Å². The van der Waals surface area contributed by atoms with E-state index in [2.05, 4.69) is 61.7 Å². The molecule has 1 unspecified atom stereocenters. The van der Waals surface area contributed by atoms with Crippen LogP contribution in [0.5, 0.6) is 0 Å². The molecule has 4 saturated heterocycles. The molecule has 0 spiro atoms. The minimum absolute atomic E-state index is 0.0155. The van der Waals surface area contributed by atoms with Crippen LogP contribution in [-0.2, 0) is 54.2 Å². The molecule has 0 radical (unpaired) electrons. The lowest BCUT2D eigenvalue weighted by Crippen LogP contribution is -2.69. The molecule has 9 fully saturated rings. The molecule has 9 aliphatic rings. The quantitative estimate of drug-likeness (QED) is 0.155. The molecule has 14 nitrogen and oxygen atoms in total. The number of fused-ring (bicyclic) bond motifs is 6. The van der Waals surface area contributed by atoms with Crippen LogP contribution >= 0.6 is 0 Å². The number of aliphatic hydroxyl groups is 1. The molecule has 5 saturated carbocycles. The van der Waals surface area contributed by atoms with Crippen molar-refractivity contribution < 1.29 is 52.8 Å². The largest absolute Gasteiger partial charge is 0.460 e. The lowest BCUT2D eigenvalue weighted by Gasteiger charge is -2.53. The van der Waals surface area contributed by atoms with Crippen molar-refractivity contribution >= 4 is 29.8 Å². The Bertz CT molecular complexity index is 2030. The van der Waals surface area contributed by atoms with E-state index in [1.54, 1.807) is 25.8 Å². The Labute approximate surface area is 377 Å². The predicted molar refractivity (Wildman–Crippen MR) is 232 cm³/mol. The molecule has 0 aromatic heterocycles. The molecule has 11 atom stereocenters. The number of aliphatic hydroxyl groups excluding tert-OH is 1. The fourth-order valence-corrected chi connectivity index (χ4v) is 12.6. The van der Waals surface area contributed by atoms with Gasteiger partial charge in [-0.2, -0.15) is 5.06 Å². The Morgan fingerprint density at radius 2 is 1.67 bits per heavy atom. The lowest BCUT2D eigenvalue weighted by molar-refractivity contribution is -0.235. The van der Waals surface area contributed by atoms with E-state index in [9.17, 15) is 24.3 Å². The highest BCUT2D eigenvalue weighted by Gasteiger charge is 2.78. The van der Waals surface area contributed by atoms with Crippen LogP contribution in [0.3, 0.4) is 0 Å². The smallest absolute Gasteiger partial charge is 0.327 e. The van der Waals surface area contributed by atoms with Crippen LogP contribution in [0.1, 0.15) is 136 Å². The lowest BCUT2D eigenvalue weighted by atomic mass is 9.52. The molecular formula is C50H69N3O11. The number of esters is 2. The zero-order chi connectivity index (χ0) is 45.0. The van der Waals surface area contributed by atoms with Crippen LogP contribution in [0.25, 0.3) is 6.08 Å². The molecule has 64 heavy (non-hydrogen) atoms. The van der Waals surface area contributed by atoms with Gasteiger partial charge in [-0.25, -0.2) is 0 Å². The number of carbonyl (C=O) groups excluding carboxylic acids is 4. The van der Waals surface area contributed by atoms with E-state index >= 15 is 0 Å². The van der Waals surface area contributed by atoms with Gasteiger partial charge in [0, 0.05) is 37.6 Å². The maximum absolute atomic E-state index is 14.8. The van der Waals surface area contributed by atoms with Gasteiger partial charge in [0.2, 0.25) is 11.8 Å². The van der Waals surface area contributed by atoms with E-state index < -0.39 is 77.1 Å². The van der Waals surface area contributed by atoms with E-state index in [0.29, 0.717) is 23.4 Å². The van der Waals surface area contributed by atoms with Crippen molar-refractivity contribution in [1.82, 2.24) is 15.7 Å². The Morgan fingerprint density at radius 3 is 2.34 bits per heavy atom. The first kappa shape index (κ1) is 44.4. The highest BCUT2D eigenvalue weighted by molar-refractivity contribution is 5.94. The topological polar surface area (TPSA) is 174 Å². The number of amides is 2. The van der Waals surface area contributed by atoms with Crippen molar-refractivity contribution in [3.05, 3.63) is 41.0 Å². The third-order valence-corrected chi connectivity index (χ3v) is 16.3. The number of hydrogen-bond donors (Lipinski definition) is 3. The van der Waals surface area contributed by atoms with E-state index in [1.807, 2.05) is 0 Å². The third kappa shape index (κ3) is 8.13. The van der Waals surface area contributed by atoms with Crippen molar-refractivity contribution in [2.45, 2.75) is 191 Å². The summed E-state index contributed by atoms with van der Waals surface area (Å²) >= 11 is 0. The molecule has 14 heteroatoms. The molecule has 2 bridgehead atoms. The number of allylic oxidation sites excluding steroid dienone is 1. The van der Waals surface area contributed by atoms with Crippen molar-refractivity contribution in [2.75, 3.05) is 13.2 Å². The molecule has 5 aliphatic carbocycles. The number of carbonyl (C=O) groups is 4. The van der Waals surface area contributed by atoms with Gasteiger partial charge in [0.1, 0.15) is 35.4 Å². The van der Waals surface area contributed by atoms with Gasteiger partial charge in [-0.3, -0.25) is 24.0 Å². The summed E-state index contributed by atoms with van der Waals surface area (Å²) in [6, 6.07) is 6.73. The van der Waals surface area contributed by atoms with Gasteiger partial charge in [0.05, 0.1) is 30.9 Å². The van der Waals surface area contributed by atoms with Gasteiger partial charge < -0.3 is 39.4 Å². The van der Waals surface area contributed by atoms with Gasteiger partial charge in [-0.05, 0) is 120 Å². The van der Waals surface area contributed by atoms with Crippen molar-refractivity contribution in [3.8, 4) is 0 Å². The minimum atomic E-state index is -1.36. The molecule has 1 aromatic rings. The van der Waals surface area contributed by atoms with Gasteiger partial charge in [0.15, 0.2) is 11.8 Å². The summed E-state index contributed by atoms with van der Waals surface area (Å²) in [5, 5.41) is 17.3. The van der Waals surface area contributed by atoms with Crippen LogP contribution in [0.4, 0.5) is 0 Å². The SMILES string of the molecule is CC(C)(C)OC(=O)CC[C@@H](CO)NC(=O)CCNC(=O)[C@@]12C[C@H]3OC(=O)[C@@H]1N(Cc1ccc(C=C4CCC5O[C@]5(C)CC[C@@H]5[C@@H]4CC5(C)C)cc1)O[C@@H]2[C@H]1OC(C2CC2)(C2CC2)O[C@H]13. The molecular weight excluding hydrogens is 819 g/mol. The molecule has 2 amide bonds. The Morgan fingerprint density at radius 1 is 0.953 bits per heavy atom. The Hall–Kier alpha value is -3.40. The maximum atomic E-state index is 14.8. The number of nitrogens with zero attached hydrogens (tertiary/aromatic N) is 1. The summed E-state index contributed by atoms with van der Waals surface area (Å²) in [5.74, 6) is -0.745. The molecule has 1 aromatic carbocycles. The number of ether oxygens (including phenoxy) is 5. The monoisotopic (exact) mass is 887 g/mol. The average Bonchev–Trinajstić information content (AvgIpc) is 4.18. The van der Waals surface area contributed by atoms with E-state index in [0.717, 1.165) is 56.1 Å². The first-order chi connectivity index (χ1) is 30.4. The summed E-state index contributed by atoms with van der Waals surface area (Å²) in [6.07, 6.45) is 10.0. The molecule has 4 heterocycles. The fourth-order valence-electron chi connectivity index (χ4n) is 12.6. The number of nitrogens with one attached hydrogen (secondary N) is 2. The second-order valence-corrected chi connectivity index (χ2v) is 22.6. The average molecular weight is 888 g/mol. The first-order valence-corrected chi connectivity index (χ1v) is 24.3. The van der Waals surface area contributed by atoms with Crippen molar-refractivity contribution in [2.24, 2.45) is 34.5 Å². The van der Waals surface area contributed by atoms with E-state index in [4.69, 9.17) is 28.5 Å². The second-order valence-electron chi connectivity index (χ2n) is 22.6. The summed E-state index contributed by atoms with van der Waals surface area (Å²) in [4.78, 5) is 61.3. The Balaban J connectivity index is 0.852. The number of hydrogen-bond acceptors (Lipinski definition) is 12. The summed E-state index contributed by atoms with van der Waals surface area (Å²) in [6.45, 7) is 12.3. The molecule has 4 aliphatic heterocycles. The number of epoxide rings is 1. The number of benzene rings is 1. The van der Waals surface area contributed by atoms with Gasteiger partial charge in [0.25, 0.3) is 0 Å². The molecule has 350 valence electrons.